The fraction of sp³-hybridized carbons (Fsp3) is 0.200. The van der Waals surface area contributed by atoms with Gasteiger partial charge in [-0.1, -0.05) is 34.8 Å². The maximum absolute atomic E-state index is 6.37. The lowest BCUT2D eigenvalue weighted by atomic mass is 10.1. The molecular weight excluding hydrogens is 364 g/mol. The van der Waals surface area contributed by atoms with E-state index in [1.165, 1.54) is 0 Å². The maximum atomic E-state index is 6.37. The van der Waals surface area contributed by atoms with E-state index >= 15 is 0 Å². The smallest absolute Gasteiger partial charge is 0.120 e. The highest BCUT2D eigenvalue weighted by Gasteiger charge is 2.18. The summed E-state index contributed by atoms with van der Waals surface area (Å²) in [4.78, 5) is 4.58. The molecule has 0 saturated carbocycles. The number of pyridine rings is 1. The number of benzene rings is 1. The van der Waals surface area contributed by atoms with Gasteiger partial charge in [0.15, 0.2) is 0 Å². The van der Waals surface area contributed by atoms with Crippen molar-refractivity contribution >= 4 is 57.4 Å². The quantitative estimate of drug-likeness (QED) is 0.558. The molecule has 2 aromatic heterocycles. The van der Waals surface area contributed by atoms with Crippen molar-refractivity contribution in [3.63, 3.8) is 0 Å². The van der Waals surface area contributed by atoms with Gasteiger partial charge in [0.25, 0.3) is 0 Å². The molecule has 0 fully saturated rings. The average molecular weight is 375 g/mol. The van der Waals surface area contributed by atoms with Crippen molar-refractivity contribution in [1.29, 1.82) is 0 Å². The molecule has 0 amide bonds. The van der Waals surface area contributed by atoms with Crippen molar-refractivity contribution in [2.45, 2.75) is 13.5 Å². The molecule has 0 atom stereocenters. The van der Waals surface area contributed by atoms with Crippen LogP contribution in [0.1, 0.15) is 5.69 Å². The van der Waals surface area contributed by atoms with Crippen LogP contribution >= 0.6 is 46.4 Å². The summed E-state index contributed by atoms with van der Waals surface area (Å²) in [5, 5.41) is 6.28. The third-order valence-electron chi connectivity index (χ3n) is 3.26. The summed E-state index contributed by atoms with van der Waals surface area (Å²) in [5.74, 6) is 0.425. The third-order valence-corrected chi connectivity index (χ3v) is 4.26. The number of aryl methyl sites for hydroxylation is 2. The van der Waals surface area contributed by atoms with Gasteiger partial charge in [-0.15, -0.1) is 11.6 Å². The summed E-state index contributed by atoms with van der Waals surface area (Å²) >= 11 is 24.5. The van der Waals surface area contributed by atoms with Gasteiger partial charge in [0.05, 0.1) is 16.6 Å². The lowest BCUT2D eigenvalue weighted by Gasteiger charge is -2.02. The Balaban J connectivity index is 2.34. The maximum Gasteiger partial charge on any atom is 0.120 e. The fourth-order valence-corrected chi connectivity index (χ4v) is 3.36. The van der Waals surface area contributed by atoms with Gasteiger partial charge < -0.3 is 0 Å². The van der Waals surface area contributed by atoms with Gasteiger partial charge in [0, 0.05) is 22.2 Å². The van der Waals surface area contributed by atoms with Crippen molar-refractivity contribution in [2.24, 2.45) is 0 Å². The van der Waals surface area contributed by atoms with E-state index in [0.29, 0.717) is 38.7 Å². The summed E-state index contributed by atoms with van der Waals surface area (Å²) in [5.41, 5.74) is 3.72. The molecule has 114 valence electrons. The van der Waals surface area contributed by atoms with Crippen molar-refractivity contribution < 1.29 is 0 Å². The van der Waals surface area contributed by atoms with Crippen LogP contribution in [0, 0.1) is 6.92 Å². The number of rotatable bonds is 3. The lowest BCUT2D eigenvalue weighted by Crippen LogP contribution is -2.01. The highest BCUT2D eigenvalue weighted by Crippen LogP contribution is 2.35. The van der Waals surface area contributed by atoms with E-state index in [4.69, 9.17) is 46.4 Å². The van der Waals surface area contributed by atoms with Crippen LogP contribution in [0.4, 0.5) is 0 Å². The van der Waals surface area contributed by atoms with Crippen molar-refractivity contribution in [1.82, 2.24) is 14.8 Å². The largest absolute Gasteiger partial charge is 0.260 e. The molecule has 0 N–H and O–H groups in total. The Kier molecular flexibility index (Phi) is 4.51. The van der Waals surface area contributed by atoms with Gasteiger partial charge in [-0.3, -0.25) is 4.68 Å². The van der Waals surface area contributed by atoms with Gasteiger partial charge in [0.2, 0.25) is 0 Å². The Morgan fingerprint density at radius 1 is 1.09 bits per heavy atom. The Bertz CT molecular complexity index is 858. The number of alkyl halides is 1. The number of fused-ring (bicyclic) bond motifs is 1. The average Bonchev–Trinajstić information content (AvgIpc) is 2.78. The second-order valence-electron chi connectivity index (χ2n) is 4.83. The van der Waals surface area contributed by atoms with Crippen LogP contribution in [0.3, 0.4) is 0 Å². The summed E-state index contributed by atoms with van der Waals surface area (Å²) in [6, 6.07) is 7.09. The van der Waals surface area contributed by atoms with Gasteiger partial charge in [-0.25, -0.2) is 4.98 Å². The monoisotopic (exact) mass is 373 g/mol. The Hall–Kier alpha value is -1.000. The van der Waals surface area contributed by atoms with Crippen LogP contribution in [-0.4, -0.2) is 20.6 Å². The van der Waals surface area contributed by atoms with Crippen LogP contribution in [0.5, 0.6) is 0 Å². The molecule has 22 heavy (non-hydrogen) atoms. The summed E-state index contributed by atoms with van der Waals surface area (Å²) in [7, 11) is 0. The zero-order chi connectivity index (χ0) is 15.9. The second kappa shape index (κ2) is 6.25. The fourth-order valence-electron chi connectivity index (χ4n) is 2.36. The topological polar surface area (TPSA) is 30.7 Å². The van der Waals surface area contributed by atoms with Gasteiger partial charge >= 0.3 is 0 Å². The standard InChI is InChI=1S/C15H11Cl4N3/c1-8-6-12(19)15-14(20-8)13(21-22(15)5-4-16)10-3-2-9(17)7-11(10)18/h2-3,6-7H,4-5H2,1H3. The number of nitrogens with zero attached hydrogens (tertiary/aromatic N) is 3. The van der Waals surface area contributed by atoms with Crippen LogP contribution in [0.15, 0.2) is 24.3 Å². The predicted molar refractivity (Wildman–Crippen MR) is 93.5 cm³/mol. The Morgan fingerprint density at radius 2 is 1.86 bits per heavy atom. The van der Waals surface area contributed by atoms with Crippen LogP contribution in [0.25, 0.3) is 22.3 Å². The first-order valence-electron chi connectivity index (χ1n) is 6.56. The van der Waals surface area contributed by atoms with E-state index in [2.05, 4.69) is 10.1 Å². The molecule has 0 unspecified atom stereocenters. The molecule has 3 nitrogen and oxygen atoms in total. The van der Waals surface area contributed by atoms with Crippen LogP contribution in [-0.2, 0) is 6.54 Å². The molecule has 1 aromatic carbocycles. The first kappa shape index (κ1) is 15.9. The van der Waals surface area contributed by atoms with E-state index in [0.717, 1.165) is 16.8 Å². The highest BCUT2D eigenvalue weighted by atomic mass is 35.5. The van der Waals surface area contributed by atoms with Crippen LogP contribution < -0.4 is 0 Å². The van der Waals surface area contributed by atoms with E-state index in [1.807, 2.05) is 19.1 Å². The van der Waals surface area contributed by atoms with E-state index in [9.17, 15) is 0 Å². The number of halogens is 4. The third kappa shape index (κ3) is 2.79. The van der Waals surface area contributed by atoms with Gasteiger partial charge in [0.1, 0.15) is 16.7 Å². The lowest BCUT2D eigenvalue weighted by molar-refractivity contribution is 0.691. The van der Waals surface area contributed by atoms with E-state index < -0.39 is 0 Å². The van der Waals surface area contributed by atoms with Crippen molar-refractivity contribution in [3.8, 4) is 11.3 Å². The zero-order valence-electron chi connectivity index (χ0n) is 11.6. The molecule has 3 rings (SSSR count). The van der Waals surface area contributed by atoms with Gasteiger partial charge in [-0.05, 0) is 31.2 Å². The molecule has 0 saturated heterocycles. The summed E-state index contributed by atoms with van der Waals surface area (Å²) in [6.45, 7) is 2.42. The number of hydrogen-bond acceptors (Lipinski definition) is 2. The second-order valence-corrected chi connectivity index (χ2v) is 6.46. The molecule has 0 radical (unpaired) electrons. The van der Waals surface area contributed by atoms with Crippen LogP contribution in [0.2, 0.25) is 15.1 Å². The molecule has 2 heterocycles. The molecule has 0 spiro atoms. The first-order valence-corrected chi connectivity index (χ1v) is 8.23. The molecule has 0 aliphatic heterocycles. The molecule has 3 aromatic rings. The van der Waals surface area contributed by atoms with Crippen molar-refractivity contribution in [3.05, 3.63) is 45.0 Å². The first-order chi connectivity index (χ1) is 10.5. The molecular formula is C15H11Cl4N3. The molecule has 0 aliphatic carbocycles. The number of hydrogen-bond donors (Lipinski definition) is 0. The SMILES string of the molecule is Cc1cc(Cl)c2c(n1)c(-c1ccc(Cl)cc1Cl)nn2CCCl. The normalized spacial score (nSPS) is 11.3. The molecule has 0 aliphatic rings. The Labute approximate surface area is 147 Å². The van der Waals surface area contributed by atoms with Gasteiger partial charge in [-0.2, -0.15) is 5.10 Å². The highest BCUT2D eigenvalue weighted by molar-refractivity contribution is 6.37. The minimum Gasteiger partial charge on any atom is -0.260 e. The van der Waals surface area contributed by atoms with Crippen molar-refractivity contribution in [2.75, 3.05) is 5.88 Å². The summed E-state index contributed by atoms with van der Waals surface area (Å²) < 4.78 is 1.76. The van der Waals surface area contributed by atoms with E-state index in [1.54, 1.807) is 16.8 Å². The number of aromatic nitrogens is 3. The minimum atomic E-state index is 0.425. The summed E-state index contributed by atoms with van der Waals surface area (Å²) in [6.07, 6.45) is 0. The van der Waals surface area contributed by atoms with E-state index in [-0.39, 0.29) is 0 Å². The zero-order valence-corrected chi connectivity index (χ0v) is 14.6. The predicted octanol–water partition coefficient (Wildman–Crippen LogP) is 5.61. The Morgan fingerprint density at radius 3 is 2.55 bits per heavy atom. The molecule has 0 bridgehead atoms. The minimum absolute atomic E-state index is 0.425. The molecule has 7 heteroatoms.